The first-order valence-electron chi connectivity index (χ1n) is 8.33. The van der Waals surface area contributed by atoms with E-state index in [2.05, 4.69) is 4.90 Å². The lowest BCUT2D eigenvalue weighted by Crippen LogP contribution is -2.53. The molecule has 4 atom stereocenters. The van der Waals surface area contributed by atoms with Crippen LogP contribution in [-0.4, -0.2) is 49.2 Å². The first kappa shape index (κ1) is 16.7. The lowest BCUT2D eigenvalue weighted by atomic mass is 9.87. The molecule has 0 saturated carbocycles. The number of esters is 2. The van der Waals surface area contributed by atoms with E-state index in [0.717, 1.165) is 18.4 Å². The fourth-order valence-corrected chi connectivity index (χ4v) is 3.90. The molecule has 1 aromatic carbocycles. The normalized spacial score (nSPS) is 29.6. The van der Waals surface area contributed by atoms with Gasteiger partial charge in [0.15, 0.2) is 0 Å². The molecule has 0 aliphatic carbocycles. The maximum atomic E-state index is 12.2. The predicted octanol–water partition coefficient (Wildman–Crippen LogP) is 2.27. The van der Waals surface area contributed by atoms with E-state index >= 15 is 0 Å². The van der Waals surface area contributed by atoms with Crippen LogP contribution in [0.5, 0.6) is 0 Å². The van der Waals surface area contributed by atoms with Gasteiger partial charge in [-0.2, -0.15) is 0 Å². The van der Waals surface area contributed by atoms with Crippen molar-refractivity contribution in [2.75, 3.05) is 14.2 Å². The zero-order valence-corrected chi connectivity index (χ0v) is 14.1. The minimum Gasteiger partial charge on any atom is -0.469 e. The SMILES string of the molecule is COC(=O)[C@@H]1[C@H]2CC[C@@H](C[C@H]1OC(=O)/C=C/c1ccccc1)N2C. The van der Waals surface area contributed by atoms with Gasteiger partial charge in [-0.3, -0.25) is 9.69 Å². The number of nitrogens with zero attached hydrogens (tertiary/aromatic N) is 1. The minimum atomic E-state index is -0.418. The molecule has 0 aromatic heterocycles. The Bertz CT molecular complexity index is 628. The molecule has 0 amide bonds. The third-order valence-electron chi connectivity index (χ3n) is 5.17. The minimum absolute atomic E-state index is 0.0899. The van der Waals surface area contributed by atoms with Crippen LogP contribution in [0.3, 0.4) is 0 Å². The van der Waals surface area contributed by atoms with E-state index in [0.29, 0.717) is 12.5 Å². The van der Waals surface area contributed by atoms with Crippen LogP contribution in [0.2, 0.25) is 0 Å². The van der Waals surface area contributed by atoms with E-state index in [1.807, 2.05) is 37.4 Å². The number of carbonyl (C=O) groups excluding carboxylic acids is 2. The quantitative estimate of drug-likeness (QED) is 0.626. The highest BCUT2D eigenvalue weighted by Crippen LogP contribution is 2.40. The monoisotopic (exact) mass is 329 g/mol. The Morgan fingerprint density at radius 3 is 2.67 bits per heavy atom. The Balaban J connectivity index is 1.69. The maximum absolute atomic E-state index is 12.2. The number of hydrogen-bond donors (Lipinski definition) is 0. The van der Waals surface area contributed by atoms with E-state index < -0.39 is 18.0 Å². The molecule has 3 rings (SSSR count). The van der Waals surface area contributed by atoms with Crippen LogP contribution in [0.1, 0.15) is 24.8 Å². The van der Waals surface area contributed by atoms with E-state index in [1.165, 1.54) is 13.2 Å². The summed E-state index contributed by atoms with van der Waals surface area (Å²) < 4.78 is 10.6. The van der Waals surface area contributed by atoms with Gasteiger partial charge in [0.05, 0.1) is 7.11 Å². The summed E-state index contributed by atoms with van der Waals surface area (Å²) in [6.07, 6.45) is 5.37. The molecule has 2 aliphatic heterocycles. The lowest BCUT2D eigenvalue weighted by molar-refractivity contribution is -0.165. The van der Waals surface area contributed by atoms with Gasteiger partial charge in [0.2, 0.25) is 0 Å². The van der Waals surface area contributed by atoms with Gasteiger partial charge in [0.25, 0.3) is 0 Å². The summed E-state index contributed by atoms with van der Waals surface area (Å²) in [5, 5.41) is 0. The van der Waals surface area contributed by atoms with Crippen LogP contribution < -0.4 is 0 Å². The van der Waals surface area contributed by atoms with Crippen LogP contribution in [-0.2, 0) is 19.1 Å². The molecular weight excluding hydrogens is 306 g/mol. The maximum Gasteiger partial charge on any atom is 0.331 e. The molecule has 0 unspecified atom stereocenters. The number of methoxy groups -OCH3 is 1. The second-order valence-electron chi connectivity index (χ2n) is 6.47. The summed E-state index contributed by atoms with van der Waals surface area (Å²) >= 11 is 0. The highest BCUT2D eigenvalue weighted by Gasteiger charge is 2.50. The Morgan fingerprint density at radius 1 is 1.21 bits per heavy atom. The molecular formula is C19H23NO4. The molecule has 0 N–H and O–H groups in total. The van der Waals surface area contributed by atoms with Crippen molar-refractivity contribution in [1.82, 2.24) is 4.90 Å². The third-order valence-corrected chi connectivity index (χ3v) is 5.17. The van der Waals surface area contributed by atoms with Crippen molar-refractivity contribution in [2.24, 2.45) is 5.92 Å². The molecule has 2 fully saturated rings. The van der Waals surface area contributed by atoms with E-state index in [-0.39, 0.29) is 12.0 Å². The van der Waals surface area contributed by atoms with Crippen LogP contribution >= 0.6 is 0 Å². The summed E-state index contributed by atoms with van der Waals surface area (Å²) in [4.78, 5) is 26.6. The fraction of sp³-hybridized carbons (Fsp3) is 0.474. The van der Waals surface area contributed by atoms with Crippen LogP contribution in [0.15, 0.2) is 36.4 Å². The molecule has 128 valence electrons. The molecule has 5 nitrogen and oxygen atoms in total. The van der Waals surface area contributed by atoms with Crippen LogP contribution in [0.4, 0.5) is 0 Å². The number of hydrogen-bond acceptors (Lipinski definition) is 5. The third kappa shape index (κ3) is 3.36. The van der Waals surface area contributed by atoms with Crippen molar-refractivity contribution >= 4 is 18.0 Å². The number of rotatable bonds is 4. The topological polar surface area (TPSA) is 55.8 Å². The largest absolute Gasteiger partial charge is 0.469 e. The molecule has 0 spiro atoms. The standard InChI is InChI=1S/C19H23NO4/c1-20-14-9-10-15(20)18(19(22)23-2)16(12-14)24-17(21)11-8-13-6-4-3-5-7-13/h3-8,11,14-16,18H,9-10,12H2,1-2H3/b11-8+/t14-,15+,16+,18+/m0/s1. The highest BCUT2D eigenvalue weighted by atomic mass is 16.6. The summed E-state index contributed by atoms with van der Waals surface area (Å²) in [6.45, 7) is 0. The van der Waals surface area contributed by atoms with Gasteiger partial charge in [0.1, 0.15) is 12.0 Å². The molecule has 2 aliphatic rings. The van der Waals surface area contributed by atoms with Gasteiger partial charge in [-0.05, 0) is 31.5 Å². The Kier molecular flexibility index (Phi) is 5.00. The molecule has 0 radical (unpaired) electrons. The molecule has 2 bridgehead atoms. The Labute approximate surface area is 142 Å². The molecule has 24 heavy (non-hydrogen) atoms. The number of fused-ring (bicyclic) bond motifs is 2. The number of benzene rings is 1. The first-order chi connectivity index (χ1) is 11.6. The van der Waals surface area contributed by atoms with E-state index in [1.54, 1.807) is 6.08 Å². The van der Waals surface area contributed by atoms with Crippen molar-refractivity contribution in [3.63, 3.8) is 0 Å². The van der Waals surface area contributed by atoms with Crippen molar-refractivity contribution in [3.8, 4) is 0 Å². The first-order valence-corrected chi connectivity index (χ1v) is 8.33. The molecule has 5 heteroatoms. The van der Waals surface area contributed by atoms with Gasteiger partial charge >= 0.3 is 11.9 Å². The van der Waals surface area contributed by atoms with E-state index in [4.69, 9.17) is 9.47 Å². The van der Waals surface area contributed by atoms with Gasteiger partial charge in [-0.15, -0.1) is 0 Å². The van der Waals surface area contributed by atoms with Gasteiger partial charge in [0, 0.05) is 24.6 Å². The lowest BCUT2D eigenvalue weighted by Gasteiger charge is -2.40. The number of carbonyl (C=O) groups is 2. The van der Waals surface area contributed by atoms with Gasteiger partial charge in [-0.25, -0.2) is 4.79 Å². The van der Waals surface area contributed by atoms with Crippen LogP contribution in [0.25, 0.3) is 6.08 Å². The zero-order chi connectivity index (χ0) is 17.1. The number of piperidine rings is 1. The summed E-state index contributed by atoms with van der Waals surface area (Å²) in [5.41, 5.74) is 0.933. The summed E-state index contributed by atoms with van der Waals surface area (Å²) in [5.74, 6) is -1.12. The van der Waals surface area contributed by atoms with E-state index in [9.17, 15) is 9.59 Å². The Morgan fingerprint density at radius 2 is 1.96 bits per heavy atom. The molecule has 2 heterocycles. The Hall–Kier alpha value is -2.14. The molecule has 1 aromatic rings. The average molecular weight is 329 g/mol. The highest BCUT2D eigenvalue weighted by molar-refractivity contribution is 5.87. The second kappa shape index (κ2) is 7.18. The summed E-state index contributed by atoms with van der Waals surface area (Å²) in [6, 6.07) is 10.0. The predicted molar refractivity (Wildman–Crippen MR) is 90.1 cm³/mol. The van der Waals surface area contributed by atoms with Crippen molar-refractivity contribution in [1.29, 1.82) is 0 Å². The van der Waals surface area contributed by atoms with Gasteiger partial charge < -0.3 is 9.47 Å². The van der Waals surface area contributed by atoms with Crippen molar-refractivity contribution in [2.45, 2.75) is 37.5 Å². The smallest absolute Gasteiger partial charge is 0.331 e. The van der Waals surface area contributed by atoms with Crippen molar-refractivity contribution < 1.29 is 19.1 Å². The van der Waals surface area contributed by atoms with Gasteiger partial charge in [-0.1, -0.05) is 30.3 Å². The molecule has 2 saturated heterocycles. The summed E-state index contributed by atoms with van der Waals surface area (Å²) in [7, 11) is 3.42. The van der Waals surface area contributed by atoms with Crippen LogP contribution in [0, 0.1) is 5.92 Å². The fourth-order valence-electron chi connectivity index (χ4n) is 3.90. The van der Waals surface area contributed by atoms with Crippen molar-refractivity contribution in [3.05, 3.63) is 42.0 Å². The second-order valence-corrected chi connectivity index (χ2v) is 6.47. The average Bonchev–Trinajstić information content (AvgIpc) is 2.83. The zero-order valence-electron chi connectivity index (χ0n) is 14.1. The number of ether oxygens (including phenoxy) is 2.